The number of piperidine rings is 1. The molecule has 3 unspecified atom stereocenters. The molecule has 3 rings (SSSR count). The van der Waals surface area contributed by atoms with E-state index >= 15 is 0 Å². The van der Waals surface area contributed by atoms with Gasteiger partial charge in [0.1, 0.15) is 0 Å². The largest absolute Gasteiger partial charge is 0.347 e. The molecule has 0 spiro atoms. The predicted octanol–water partition coefficient (Wildman–Crippen LogP) is 1.21. The van der Waals surface area contributed by atoms with Gasteiger partial charge in [0.15, 0.2) is 0 Å². The lowest BCUT2D eigenvalue weighted by Crippen LogP contribution is -2.56. The minimum atomic E-state index is -0.112. The molecule has 2 aliphatic rings. The van der Waals surface area contributed by atoms with Crippen LogP contribution in [0.15, 0.2) is 6.33 Å². The van der Waals surface area contributed by atoms with Gasteiger partial charge in [-0.05, 0) is 33.1 Å². The van der Waals surface area contributed by atoms with E-state index in [1.54, 1.807) is 6.33 Å². The van der Waals surface area contributed by atoms with Crippen LogP contribution in [-0.2, 0) is 17.8 Å². The molecule has 5 nitrogen and oxygen atoms in total. The van der Waals surface area contributed by atoms with Gasteiger partial charge in [0.2, 0.25) is 5.91 Å². The second-order valence-electron chi connectivity index (χ2n) is 5.84. The molecular weight excluding hydrogens is 240 g/mol. The van der Waals surface area contributed by atoms with Gasteiger partial charge < -0.3 is 9.88 Å². The first-order valence-corrected chi connectivity index (χ1v) is 7.23. The van der Waals surface area contributed by atoms with Crippen LogP contribution in [0.5, 0.6) is 0 Å². The van der Waals surface area contributed by atoms with Crippen molar-refractivity contribution >= 4 is 5.91 Å². The van der Waals surface area contributed by atoms with E-state index in [0.29, 0.717) is 25.0 Å². The Labute approximate surface area is 113 Å². The maximum Gasteiger partial charge on any atom is 0.240 e. The van der Waals surface area contributed by atoms with Gasteiger partial charge in [-0.25, -0.2) is 4.98 Å². The molecule has 0 saturated carbocycles. The van der Waals surface area contributed by atoms with Crippen molar-refractivity contribution in [1.82, 2.24) is 20.2 Å². The Balaban J connectivity index is 1.74. The van der Waals surface area contributed by atoms with Gasteiger partial charge in [0.05, 0.1) is 23.8 Å². The molecule has 3 atom stereocenters. The second-order valence-corrected chi connectivity index (χ2v) is 5.84. The van der Waals surface area contributed by atoms with Crippen LogP contribution in [0.4, 0.5) is 0 Å². The van der Waals surface area contributed by atoms with Gasteiger partial charge in [0.25, 0.3) is 0 Å². The second kappa shape index (κ2) is 4.96. The van der Waals surface area contributed by atoms with Gasteiger partial charge in [0, 0.05) is 25.0 Å². The maximum absolute atomic E-state index is 12.7. The number of carbonyl (C=O) groups excluding carboxylic acids is 1. The molecule has 1 amide bonds. The number of amides is 1. The van der Waals surface area contributed by atoms with E-state index < -0.39 is 0 Å². The molecule has 0 aliphatic carbocycles. The third-order valence-electron chi connectivity index (χ3n) is 4.48. The quantitative estimate of drug-likeness (QED) is 0.800. The zero-order valence-electron chi connectivity index (χ0n) is 11.6. The normalized spacial score (nSPS) is 31.1. The van der Waals surface area contributed by atoms with Gasteiger partial charge >= 0.3 is 0 Å². The van der Waals surface area contributed by atoms with E-state index in [-0.39, 0.29) is 11.9 Å². The van der Waals surface area contributed by atoms with Crippen LogP contribution < -0.4 is 5.32 Å². The Morgan fingerprint density at radius 1 is 1.37 bits per heavy atom. The minimum Gasteiger partial charge on any atom is -0.347 e. The number of aromatic amines is 1. The van der Waals surface area contributed by atoms with Gasteiger partial charge in [-0.3, -0.25) is 10.1 Å². The molecule has 1 saturated heterocycles. The monoisotopic (exact) mass is 262 g/mol. The van der Waals surface area contributed by atoms with Crippen molar-refractivity contribution in [3.63, 3.8) is 0 Å². The molecule has 1 aromatic heterocycles. The molecule has 1 aromatic rings. The third-order valence-corrected chi connectivity index (χ3v) is 4.48. The van der Waals surface area contributed by atoms with Crippen molar-refractivity contribution in [3.05, 3.63) is 17.7 Å². The number of imidazole rings is 1. The minimum absolute atomic E-state index is 0.112. The highest BCUT2D eigenvalue weighted by atomic mass is 16.2. The summed E-state index contributed by atoms with van der Waals surface area (Å²) >= 11 is 0. The Morgan fingerprint density at radius 2 is 2.11 bits per heavy atom. The van der Waals surface area contributed by atoms with Crippen LogP contribution in [0.3, 0.4) is 0 Å². The molecule has 3 heterocycles. The summed E-state index contributed by atoms with van der Waals surface area (Å²) in [6.45, 7) is 5.04. The lowest BCUT2D eigenvalue weighted by Gasteiger charge is -2.41. The smallest absolute Gasteiger partial charge is 0.240 e. The fourth-order valence-corrected chi connectivity index (χ4v) is 3.38. The molecular formula is C14H22N4O. The molecule has 0 bridgehead atoms. The fourth-order valence-electron chi connectivity index (χ4n) is 3.38. The number of H-pyrrole nitrogens is 1. The summed E-state index contributed by atoms with van der Waals surface area (Å²) in [7, 11) is 0. The van der Waals surface area contributed by atoms with E-state index in [9.17, 15) is 4.79 Å². The fraction of sp³-hybridized carbons (Fsp3) is 0.714. The van der Waals surface area contributed by atoms with Crippen LogP contribution in [0.2, 0.25) is 0 Å². The summed E-state index contributed by atoms with van der Waals surface area (Å²) in [4.78, 5) is 22.2. The number of likely N-dealkylation sites (tertiary alicyclic amines) is 1. The lowest BCUT2D eigenvalue weighted by molar-refractivity contribution is -0.139. The van der Waals surface area contributed by atoms with Crippen molar-refractivity contribution in [1.29, 1.82) is 0 Å². The standard InChI is InChI=1S/C14H22N4O/c1-9-4-3-5-10(2)18(9)14(19)12-6-11-13(7-15-12)17-8-16-11/h8-10,12,15H,3-7H2,1-2H3,(H,16,17). The number of carbonyl (C=O) groups is 1. The molecule has 5 heteroatoms. The Hall–Kier alpha value is -1.36. The van der Waals surface area contributed by atoms with Crippen LogP contribution in [0.1, 0.15) is 44.5 Å². The predicted molar refractivity (Wildman–Crippen MR) is 72.5 cm³/mol. The number of hydrogen-bond donors (Lipinski definition) is 2. The van der Waals surface area contributed by atoms with Crippen molar-refractivity contribution in [2.24, 2.45) is 0 Å². The first kappa shape index (κ1) is 12.7. The van der Waals surface area contributed by atoms with Crippen LogP contribution in [0, 0.1) is 0 Å². The molecule has 0 aromatic carbocycles. The molecule has 0 radical (unpaired) electrons. The van der Waals surface area contributed by atoms with Gasteiger partial charge in [-0.15, -0.1) is 0 Å². The van der Waals surface area contributed by atoms with Crippen molar-refractivity contribution in [2.75, 3.05) is 0 Å². The third kappa shape index (κ3) is 2.27. The topological polar surface area (TPSA) is 61.0 Å². The van der Waals surface area contributed by atoms with Gasteiger partial charge in [-0.1, -0.05) is 0 Å². The zero-order chi connectivity index (χ0) is 13.4. The Bertz CT molecular complexity index is 460. The first-order chi connectivity index (χ1) is 9.16. The SMILES string of the molecule is CC1CCCC(C)N1C(=O)C1Cc2nc[nH]c2CN1. The van der Waals surface area contributed by atoms with Gasteiger partial charge in [-0.2, -0.15) is 0 Å². The summed E-state index contributed by atoms with van der Waals surface area (Å²) in [6, 6.07) is 0.607. The van der Waals surface area contributed by atoms with E-state index in [0.717, 1.165) is 24.2 Å². The number of hydrogen-bond acceptors (Lipinski definition) is 3. The molecule has 1 fully saturated rings. The highest BCUT2D eigenvalue weighted by molar-refractivity contribution is 5.83. The van der Waals surface area contributed by atoms with E-state index in [1.807, 2.05) is 0 Å². The Kier molecular flexibility index (Phi) is 3.31. The van der Waals surface area contributed by atoms with Crippen molar-refractivity contribution in [3.8, 4) is 0 Å². The number of nitrogens with zero attached hydrogens (tertiary/aromatic N) is 2. The number of nitrogens with one attached hydrogen (secondary N) is 2. The zero-order valence-corrected chi connectivity index (χ0v) is 11.6. The summed E-state index contributed by atoms with van der Waals surface area (Å²) in [5, 5.41) is 3.34. The molecule has 2 N–H and O–H groups in total. The average molecular weight is 262 g/mol. The van der Waals surface area contributed by atoms with E-state index in [4.69, 9.17) is 0 Å². The average Bonchev–Trinajstić information content (AvgIpc) is 2.85. The summed E-state index contributed by atoms with van der Waals surface area (Å²) in [6.07, 6.45) is 5.89. The van der Waals surface area contributed by atoms with Crippen LogP contribution in [0.25, 0.3) is 0 Å². The van der Waals surface area contributed by atoms with Crippen LogP contribution in [-0.4, -0.2) is 38.9 Å². The van der Waals surface area contributed by atoms with E-state index in [2.05, 4.69) is 34.0 Å². The number of rotatable bonds is 1. The lowest BCUT2D eigenvalue weighted by atomic mass is 9.95. The molecule has 19 heavy (non-hydrogen) atoms. The first-order valence-electron chi connectivity index (χ1n) is 7.23. The maximum atomic E-state index is 12.7. The highest BCUT2D eigenvalue weighted by Gasteiger charge is 2.35. The summed E-state index contributed by atoms with van der Waals surface area (Å²) in [5.41, 5.74) is 2.15. The highest BCUT2D eigenvalue weighted by Crippen LogP contribution is 2.24. The Morgan fingerprint density at radius 3 is 2.84 bits per heavy atom. The summed E-state index contributed by atoms with van der Waals surface area (Å²) < 4.78 is 0. The van der Waals surface area contributed by atoms with Crippen molar-refractivity contribution < 1.29 is 4.79 Å². The number of fused-ring (bicyclic) bond motifs is 1. The van der Waals surface area contributed by atoms with Crippen LogP contribution >= 0.6 is 0 Å². The molecule has 2 aliphatic heterocycles. The summed E-state index contributed by atoms with van der Waals surface area (Å²) in [5.74, 6) is 0.244. The number of aromatic nitrogens is 2. The van der Waals surface area contributed by atoms with E-state index in [1.165, 1.54) is 6.42 Å². The molecule has 104 valence electrons. The van der Waals surface area contributed by atoms with Crippen molar-refractivity contribution in [2.45, 2.75) is 64.2 Å².